The molecule has 10 aliphatic carbocycles. The van der Waals surface area contributed by atoms with Gasteiger partial charge in [-0.15, -0.1) is 0 Å². The number of hydrogen-bond donors (Lipinski definition) is 0. The van der Waals surface area contributed by atoms with E-state index in [1.165, 1.54) is 44.9 Å². The van der Waals surface area contributed by atoms with Gasteiger partial charge in [-0.05, 0) is 218 Å². The van der Waals surface area contributed by atoms with E-state index in [4.69, 9.17) is 0 Å². The minimum absolute atomic E-state index is 0.941. The van der Waals surface area contributed by atoms with Crippen LogP contribution < -0.4 is 0 Å². The standard InChI is InChI=1S/C60H100N2/c1-4-14-41(15-5-1)44-24-30-51(31-25-44)61-57-22-12-10-20-53(57)55-39-46(28-34-59(55)61)47-29-35-60-56(40-47)54-21-11-13-23-58(54)62(60)52-32-26-45(27-33-52)50-37-48(42-16-6-2-7-17-42)36-49(38-50)43-18-8-3-9-19-43/h41-60H,1-40H2. The van der Waals surface area contributed by atoms with Crippen molar-refractivity contribution in [2.24, 2.45) is 82.9 Å². The summed E-state index contributed by atoms with van der Waals surface area (Å²) < 4.78 is 0. The topological polar surface area (TPSA) is 6.48 Å². The minimum Gasteiger partial charge on any atom is -0.294 e. The summed E-state index contributed by atoms with van der Waals surface area (Å²) in [6, 6.07) is 5.76. The highest BCUT2D eigenvalue weighted by molar-refractivity contribution is 5.10. The molecular weight excluding hydrogens is 749 g/mol. The number of fused-ring (bicyclic) bond motifs is 6. The maximum absolute atomic E-state index is 3.39. The molecular formula is C60H100N2. The monoisotopic (exact) mass is 849 g/mol. The molecule has 0 amide bonds. The SMILES string of the molecule is C1CCC(C2CCC(N3C4CCCCC4C4CC(C5CCC6C(C5)C5CCCCC5N6C5CCC(C6CC(C7CCCCC7)CC(C7CCCCC7)C6)CC5)CCC43)CC2)CC1. The van der Waals surface area contributed by atoms with Gasteiger partial charge in [-0.2, -0.15) is 0 Å². The Labute approximate surface area is 384 Å². The van der Waals surface area contributed by atoms with Gasteiger partial charge in [-0.1, -0.05) is 122 Å². The van der Waals surface area contributed by atoms with Crippen LogP contribution in [0.15, 0.2) is 0 Å². The van der Waals surface area contributed by atoms with Crippen molar-refractivity contribution in [3.63, 3.8) is 0 Å². The maximum atomic E-state index is 3.39. The zero-order valence-corrected chi connectivity index (χ0v) is 40.7. The van der Waals surface area contributed by atoms with Gasteiger partial charge < -0.3 is 0 Å². The van der Waals surface area contributed by atoms with E-state index in [-0.39, 0.29) is 0 Å². The van der Waals surface area contributed by atoms with Crippen molar-refractivity contribution in [1.82, 2.24) is 9.80 Å². The molecule has 0 aromatic heterocycles. The Kier molecular flexibility index (Phi) is 13.6. The molecule has 12 unspecified atom stereocenters. The van der Waals surface area contributed by atoms with E-state index >= 15 is 0 Å². The molecule has 2 heterocycles. The first-order valence-corrected chi connectivity index (χ1v) is 30.3. The van der Waals surface area contributed by atoms with Crippen molar-refractivity contribution in [1.29, 1.82) is 0 Å². The van der Waals surface area contributed by atoms with E-state index in [2.05, 4.69) is 9.80 Å². The van der Waals surface area contributed by atoms with Crippen molar-refractivity contribution >= 4 is 0 Å². The molecule has 0 aromatic rings. The number of nitrogens with zero attached hydrogens (tertiary/aromatic N) is 2. The molecule has 12 fully saturated rings. The Hall–Kier alpha value is -0.0800. The summed E-state index contributed by atoms with van der Waals surface area (Å²) in [6.45, 7) is 0. The van der Waals surface area contributed by atoms with Gasteiger partial charge in [-0.3, -0.25) is 9.80 Å². The van der Waals surface area contributed by atoms with Crippen molar-refractivity contribution in [3.8, 4) is 0 Å². The minimum atomic E-state index is 0.941. The van der Waals surface area contributed by atoms with Gasteiger partial charge in [0.05, 0.1) is 0 Å². The molecule has 0 bridgehead atoms. The lowest BCUT2D eigenvalue weighted by Gasteiger charge is -2.49. The average Bonchev–Trinajstić information content (AvgIpc) is 3.87. The van der Waals surface area contributed by atoms with Crippen LogP contribution in [0.2, 0.25) is 0 Å². The van der Waals surface area contributed by atoms with Crippen molar-refractivity contribution in [2.75, 3.05) is 0 Å². The summed E-state index contributed by atoms with van der Waals surface area (Å²) in [5.41, 5.74) is 0. The molecule has 0 spiro atoms. The lowest BCUT2D eigenvalue weighted by molar-refractivity contribution is 0.0101. The molecule has 12 rings (SSSR count). The third-order valence-corrected chi connectivity index (χ3v) is 24.4. The van der Waals surface area contributed by atoms with Crippen LogP contribution in [0, 0.1) is 82.9 Å². The van der Waals surface area contributed by atoms with Crippen LogP contribution in [0.4, 0.5) is 0 Å². The molecule has 2 nitrogen and oxygen atoms in total. The molecule has 350 valence electrons. The van der Waals surface area contributed by atoms with Crippen LogP contribution >= 0.6 is 0 Å². The molecule has 2 saturated heterocycles. The van der Waals surface area contributed by atoms with Crippen LogP contribution in [0.1, 0.15) is 257 Å². The fourth-order valence-corrected chi connectivity index (χ4v) is 21.7. The fraction of sp³-hybridized carbons (Fsp3) is 1.00. The number of likely N-dealkylation sites (tertiary alicyclic amines) is 2. The zero-order valence-electron chi connectivity index (χ0n) is 40.7. The van der Waals surface area contributed by atoms with Gasteiger partial charge in [0.15, 0.2) is 0 Å². The molecule has 12 atom stereocenters. The quantitative estimate of drug-likeness (QED) is 0.252. The fourth-order valence-electron chi connectivity index (χ4n) is 21.7. The third kappa shape index (κ3) is 8.56. The molecule has 0 aromatic carbocycles. The lowest BCUT2D eigenvalue weighted by Crippen LogP contribution is -2.50. The molecule has 10 saturated carbocycles. The Morgan fingerprint density at radius 2 is 0.468 bits per heavy atom. The van der Waals surface area contributed by atoms with Crippen LogP contribution in [0.25, 0.3) is 0 Å². The van der Waals surface area contributed by atoms with E-state index < -0.39 is 0 Å². The summed E-state index contributed by atoms with van der Waals surface area (Å²) in [5, 5.41) is 0. The predicted molar refractivity (Wildman–Crippen MR) is 260 cm³/mol. The molecule has 2 heteroatoms. The van der Waals surface area contributed by atoms with Gasteiger partial charge in [0, 0.05) is 36.3 Å². The van der Waals surface area contributed by atoms with Gasteiger partial charge in [0.1, 0.15) is 0 Å². The van der Waals surface area contributed by atoms with E-state index in [0.29, 0.717) is 0 Å². The Morgan fingerprint density at radius 1 is 0.177 bits per heavy atom. The van der Waals surface area contributed by atoms with Crippen LogP contribution in [0.3, 0.4) is 0 Å². The Bertz CT molecular complexity index is 1380. The first kappa shape index (κ1) is 43.2. The van der Waals surface area contributed by atoms with Crippen molar-refractivity contribution in [3.05, 3.63) is 0 Å². The molecule has 62 heavy (non-hydrogen) atoms. The van der Waals surface area contributed by atoms with Crippen molar-refractivity contribution < 1.29 is 0 Å². The first-order chi connectivity index (χ1) is 30.7. The normalized spacial score (nSPS) is 49.5. The van der Waals surface area contributed by atoms with Crippen molar-refractivity contribution in [2.45, 2.75) is 293 Å². The number of rotatable bonds is 7. The summed E-state index contributed by atoms with van der Waals surface area (Å²) in [5.74, 6) is 15.1. The highest BCUT2D eigenvalue weighted by atomic mass is 15.3. The maximum Gasteiger partial charge on any atom is 0.0133 e. The summed E-state index contributed by atoms with van der Waals surface area (Å²) in [6.07, 6.45) is 63.1. The molecule has 0 N–H and O–H groups in total. The predicted octanol–water partition coefficient (Wildman–Crippen LogP) is 16.2. The van der Waals surface area contributed by atoms with Gasteiger partial charge in [0.25, 0.3) is 0 Å². The Morgan fingerprint density at radius 3 is 0.871 bits per heavy atom. The van der Waals surface area contributed by atoms with Gasteiger partial charge >= 0.3 is 0 Å². The summed E-state index contributed by atoms with van der Waals surface area (Å²) in [7, 11) is 0. The first-order valence-electron chi connectivity index (χ1n) is 30.3. The molecule has 2 aliphatic heterocycles. The van der Waals surface area contributed by atoms with Crippen LogP contribution in [-0.2, 0) is 0 Å². The highest BCUT2D eigenvalue weighted by Gasteiger charge is 2.57. The third-order valence-electron chi connectivity index (χ3n) is 24.4. The average molecular weight is 849 g/mol. The van der Waals surface area contributed by atoms with Gasteiger partial charge in [0.2, 0.25) is 0 Å². The summed E-state index contributed by atoms with van der Waals surface area (Å²) in [4.78, 5) is 6.73. The zero-order chi connectivity index (χ0) is 41.0. The van der Waals surface area contributed by atoms with E-state index in [1.54, 1.807) is 212 Å². The molecule has 12 aliphatic rings. The Balaban J connectivity index is 0.684. The van der Waals surface area contributed by atoms with Gasteiger partial charge in [-0.25, -0.2) is 0 Å². The van der Waals surface area contributed by atoms with E-state index in [9.17, 15) is 0 Å². The molecule has 0 radical (unpaired) electrons. The van der Waals surface area contributed by atoms with Crippen LogP contribution in [-0.4, -0.2) is 46.1 Å². The second-order valence-corrected chi connectivity index (χ2v) is 26.9. The van der Waals surface area contributed by atoms with Crippen LogP contribution in [0.5, 0.6) is 0 Å². The number of hydrogen-bond acceptors (Lipinski definition) is 2. The second-order valence-electron chi connectivity index (χ2n) is 26.9. The second kappa shape index (κ2) is 19.5. The lowest BCUT2D eigenvalue weighted by atomic mass is 9.59. The largest absolute Gasteiger partial charge is 0.294 e. The highest BCUT2D eigenvalue weighted by Crippen LogP contribution is 2.59. The smallest absolute Gasteiger partial charge is 0.0133 e. The summed E-state index contributed by atoms with van der Waals surface area (Å²) >= 11 is 0. The van der Waals surface area contributed by atoms with E-state index in [0.717, 1.165) is 119 Å². The van der Waals surface area contributed by atoms with E-state index in [1.807, 2.05) is 0 Å².